The summed E-state index contributed by atoms with van der Waals surface area (Å²) in [5.74, 6) is -1.73. The molecule has 0 saturated carbocycles. The average molecular weight is 349 g/mol. The summed E-state index contributed by atoms with van der Waals surface area (Å²) in [5.41, 5.74) is 1.23. The molecule has 1 heterocycles. The fourth-order valence-corrected chi connectivity index (χ4v) is 4.11. The van der Waals surface area contributed by atoms with Crippen molar-refractivity contribution in [3.63, 3.8) is 0 Å². The van der Waals surface area contributed by atoms with Crippen LogP contribution in [0.4, 0.5) is 0 Å². The largest absolute Gasteiger partial charge is 0.481 e. The number of carboxylic acid groups (broad SMARTS) is 1. The predicted molar refractivity (Wildman–Crippen MR) is 94.3 cm³/mol. The van der Waals surface area contributed by atoms with Crippen LogP contribution >= 0.6 is 11.3 Å². The number of benzene rings is 1. The van der Waals surface area contributed by atoms with Gasteiger partial charge in [-0.25, -0.2) is 5.06 Å². The van der Waals surface area contributed by atoms with Crippen LogP contribution in [0, 0.1) is 5.92 Å². The van der Waals surface area contributed by atoms with E-state index in [2.05, 4.69) is 17.5 Å². The number of aryl methyl sites for hydroxylation is 1. The fourth-order valence-electron chi connectivity index (χ4n) is 3.11. The third-order valence-corrected chi connectivity index (χ3v) is 5.35. The Balaban J connectivity index is 2.03. The van der Waals surface area contributed by atoms with E-state index in [1.807, 2.05) is 19.1 Å². The van der Waals surface area contributed by atoms with Crippen molar-refractivity contribution in [1.29, 1.82) is 0 Å². The van der Waals surface area contributed by atoms with Crippen LogP contribution < -0.4 is 0 Å². The standard InChI is InChI=1S/C18H23NO4S/c1-2-6-16(19(23)12-20)15(18(21)22)9-5-7-13-11-24-17-10-4-3-8-14(13)17/h3-4,8,10-12,15-16,23H,2,5-7,9H2,1H3,(H,21,22)/t15-,16+/m1/s1. The highest BCUT2D eigenvalue weighted by Crippen LogP contribution is 2.28. The van der Waals surface area contributed by atoms with Gasteiger partial charge in [0.05, 0.1) is 12.0 Å². The highest BCUT2D eigenvalue weighted by molar-refractivity contribution is 7.17. The van der Waals surface area contributed by atoms with E-state index >= 15 is 0 Å². The Bertz CT molecular complexity index is 684. The van der Waals surface area contributed by atoms with Crippen molar-refractivity contribution < 1.29 is 19.9 Å². The second kappa shape index (κ2) is 8.80. The normalized spacial score (nSPS) is 13.6. The van der Waals surface area contributed by atoms with Crippen LogP contribution in [-0.2, 0) is 16.0 Å². The molecule has 1 aromatic carbocycles. The minimum Gasteiger partial charge on any atom is -0.481 e. The quantitative estimate of drug-likeness (QED) is 0.387. The first-order valence-electron chi connectivity index (χ1n) is 8.18. The summed E-state index contributed by atoms with van der Waals surface area (Å²) in [6.07, 6.45) is 3.38. The van der Waals surface area contributed by atoms with Crippen LogP contribution in [0.15, 0.2) is 29.6 Å². The molecular formula is C18H23NO4S. The zero-order valence-electron chi connectivity index (χ0n) is 13.7. The Morgan fingerprint density at radius 3 is 2.75 bits per heavy atom. The predicted octanol–water partition coefficient (Wildman–Crippen LogP) is 3.94. The lowest BCUT2D eigenvalue weighted by Gasteiger charge is -2.27. The lowest BCUT2D eigenvalue weighted by Crippen LogP contribution is -2.41. The Kier molecular flexibility index (Phi) is 6.75. The van der Waals surface area contributed by atoms with Gasteiger partial charge in [0.25, 0.3) is 0 Å². The third-order valence-electron chi connectivity index (χ3n) is 4.34. The van der Waals surface area contributed by atoms with Crippen molar-refractivity contribution in [1.82, 2.24) is 5.06 Å². The first-order chi connectivity index (χ1) is 11.6. The fraction of sp³-hybridized carbons (Fsp3) is 0.444. The van der Waals surface area contributed by atoms with Crippen LogP contribution in [0.5, 0.6) is 0 Å². The molecule has 6 heteroatoms. The van der Waals surface area contributed by atoms with Gasteiger partial charge < -0.3 is 5.11 Å². The lowest BCUT2D eigenvalue weighted by atomic mass is 9.90. The van der Waals surface area contributed by atoms with Gasteiger partial charge in [-0.3, -0.25) is 14.8 Å². The van der Waals surface area contributed by atoms with E-state index in [4.69, 9.17) is 0 Å². The summed E-state index contributed by atoms with van der Waals surface area (Å²) in [6, 6.07) is 7.49. The van der Waals surface area contributed by atoms with Gasteiger partial charge >= 0.3 is 5.97 Å². The molecule has 2 rings (SSSR count). The SMILES string of the molecule is CCC[C@@H]([C@@H](CCCc1csc2ccccc12)C(=O)O)N(O)C=O. The van der Waals surface area contributed by atoms with Crippen molar-refractivity contribution in [2.24, 2.45) is 5.92 Å². The summed E-state index contributed by atoms with van der Waals surface area (Å²) in [4.78, 5) is 22.4. The van der Waals surface area contributed by atoms with Gasteiger partial charge in [0, 0.05) is 4.70 Å². The minimum atomic E-state index is -0.968. The summed E-state index contributed by atoms with van der Waals surface area (Å²) in [6.45, 7) is 1.90. The van der Waals surface area contributed by atoms with Gasteiger partial charge in [-0.05, 0) is 48.1 Å². The Hall–Kier alpha value is -1.92. The molecule has 1 amide bonds. The van der Waals surface area contributed by atoms with Crippen molar-refractivity contribution >= 4 is 33.8 Å². The van der Waals surface area contributed by atoms with E-state index in [9.17, 15) is 19.9 Å². The molecule has 2 N–H and O–H groups in total. The average Bonchev–Trinajstić information content (AvgIpc) is 2.99. The molecule has 0 saturated heterocycles. The Labute approximate surface area is 145 Å². The van der Waals surface area contributed by atoms with Crippen LogP contribution in [0.25, 0.3) is 10.1 Å². The number of aliphatic carboxylic acids is 1. The Morgan fingerprint density at radius 2 is 2.08 bits per heavy atom. The third kappa shape index (κ3) is 4.33. The zero-order chi connectivity index (χ0) is 17.5. The van der Waals surface area contributed by atoms with E-state index < -0.39 is 17.9 Å². The molecule has 0 fully saturated rings. The molecule has 0 spiro atoms. The van der Waals surface area contributed by atoms with Crippen molar-refractivity contribution in [3.8, 4) is 0 Å². The van der Waals surface area contributed by atoms with Gasteiger partial charge in [0.1, 0.15) is 0 Å². The summed E-state index contributed by atoms with van der Waals surface area (Å²) < 4.78 is 1.23. The molecule has 0 bridgehead atoms. The second-order valence-corrected chi connectivity index (χ2v) is 6.85. The van der Waals surface area contributed by atoms with Crippen molar-refractivity contribution in [2.75, 3.05) is 0 Å². The monoisotopic (exact) mass is 349 g/mol. The number of amides is 1. The van der Waals surface area contributed by atoms with Crippen molar-refractivity contribution in [3.05, 3.63) is 35.2 Å². The molecule has 130 valence electrons. The van der Waals surface area contributed by atoms with Gasteiger partial charge in [-0.1, -0.05) is 31.5 Å². The van der Waals surface area contributed by atoms with Crippen LogP contribution in [0.1, 0.15) is 38.2 Å². The van der Waals surface area contributed by atoms with E-state index in [0.717, 1.165) is 6.42 Å². The topological polar surface area (TPSA) is 77.8 Å². The molecule has 0 aliphatic rings. The summed E-state index contributed by atoms with van der Waals surface area (Å²) in [7, 11) is 0. The molecule has 1 aromatic heterocycles. The summed E-state index contributed by atoms with van der Waals surface area (Å²) >= 11 is 1.69. The first-order valence-corrected chi connectivity index (χ1v) is 9.06. The number of carboxylic acids is 1. The molecular weight excluding hydrogens is 326 g/mol. The number of hydroxylamine groups is 2. The van der Waals surface area contributed by atoms with Gasteiger partial charge in [-0.15, -0.1) is 11.3 Å². The number of rotatable bonds is 10. The van der Waals surface area contributed by atoms with E-state index in [1.54, 1.807) is 11.3 Å². The maximum atomic E-state index is 11.6. The van der Waals surface area contributed by atoms with Gasteiger partial charge in [0.2, 0.25) is 6.41 Å². The number of hydrogen-bond donors (Lipinski definition) is 2. The summed E-state index contributed by atoms with van der Waals surface area (Å²) in [5, 5.41) is 23.0. The maximum absolute atomic E-state index is 11.6. The van der Waals surface area contributed by atoms with E-state index in [0.29, 0.717) is 37.2 Å². The zero-order valence-corrected chi connectivity index (χ0v) is 14.5. The Morgan fingerprint density at radius 1 is 1.33 bits per heavy atom. The van der Waals surface area contributed by atoms with Crippen LogP contribution in [0.2, 0.25) is 0 Å². The number of carbonyl (C=O) groups is 2. The highest BCUT2D eigenvalue weighted by Gasteiger charge is 2.31. The van der Waals surface area contributed by atoms with Gasteiger partial charge in [0.15, 0.2) is 0 Å². The second-order valence-electron chi connectivity index (χ2n) is 5.94. The number of carbonyl (C=O) groups excluding carboxylic acids is 1. The molecule has 0 radical (unpaired) electrons. The van der Waals surface area contributed by atoms with E-state index in [1.165, 1.54) is 15.6 Å². The van der Waals surface area contributed by atoms with Crippen molar-refractivity contribution in [2.45, 2.75) is 45.1 Å². The lowest BCUT2D eigenvalue weighted by molar-refractivity contribution is -0.173. The smallest absolute Gasteiger partial charge is 0.308 e. The number of hydrogen-bond acceptors (Lipinski definition) is 4. The van der Waals surface area contributed by atoms with Gasteiger partial charge in [-0.2, -0.15) is 0 Å². The molecule has 5 nitrogen and oxygen atoms in total. The maximum Gasteiger partial charge on any atom is 0.308 e. The number of thiophene rings is 1. The van der Waals surface area contributed by atoms with Crippen LogP contribution in [0.3, 0.4) is 0 Å². The minimum absolute atomic E-state index is 0.294. The number of fused-ring (bicyclic) bond motifs is 1. The molecule has 0 aliphatic heterocycles. The molecule has 2 atom stereocenters. The number of nitrogens with zero attached hydrogens (tertiary/aromatic N) is 1. The first kappa shape index (κ1) is 18.4. The highest BCUT2D eigenvalue weighted by atomic mass is 32.1. The van der Waals surface area contributed by atoms with E-state index in [-0.39, 0.29) is 0 Å². The molecule has 0 aliphatic carbocycles. The molecule has 0 unspecified atom stereocenters. The molecule has 2 aromatic rings. The molecule has 24 heavy (non-hydrogen) atoms. The van der Waals surface area contributed by atoms with Crippen LogP contribution in [-0.4, -0.2) is 33.8 Å².